The van der Waals surface area contributed by atoms with Crippen LogP contribution in [0.25, 0.3) is 0 Å². The van der Waals surface area contributed by atoms with Crippen LogP contribution in [0.3, 0.4) is 0 Å². The van der Waals surface area contributed by atoms with Crippen molar-refractivity contribution in [1.82, 2.24) is 4.90 Å². The molecule has 1 amide bonds. The van der Waals surface area contributed by atoms with Crippen LogP contribution in [0.2, 0.25) is 0 Å². The molecule has 1 aromatic rings. The maximum absolute atomic E-state index is 13.2. The molecule has 0 spiro atoms. The number of hydrogen-bond acceptors (Lipinski definition) is 2. The van der Waals surface area contributed by atoms with Gasteiger partial charge in [0.15, 0.2) is 11.6 Å². The maximum atomic E-state index is 13.2. The van der Waals surface area contributed by atoms with E-state index in [2.05, 4.69) is 0 Å². The first-order chi connectivity index (χ1) is 8.77. The van der Waals surface area contributed by atoms with E-state index in [0.29, 0.717) is 19.4 Å². The Labute approximate surface area is 107 Å². The van der Waals surface area contributed by atoms with Gasteiger partial charge in [-0.15, -0.1) is 0 Å². The predicted octanol–water partition coefficient (Wildman–Crippen LogP) is 2.61. The quantitative estimate of drug-likeness (QED) is 0.753. The van der Waals surface area contributed by atoms with Crippen molar-refractivity contribution in [1.29, 1.82) is 0 Å². The van der Waals surface area contributed by atoms with Crippen molar-refractivity contribution in [3.63, 3.8) is 0 Å². The van der Waals surface area contributed by atoms with Crippen molar-refractivity contribution in [3.05, 3.63) is 30.1 Å². The third-order valence-corrected chi connectivity index (χ3v) is 3.09. The molecule has 1 fully saturated rings. The largest absolute Gasteiger partial charge is 0.491 e. The van der Waals surface area contributed by atoms with Crippen molar-refractivity contribution in [2.45, 2.75) is 25.7 Å². The molecular formula is C14H18FNO2. The van der Waals surface area contributed by atoms with Crippen molar-refractivity contribution in [2.75, 3.05) is 19.7 Å². The number of benzene rings is 1. The lowest BCUT2D eigenvalue weighted by molar-refractivity contribution is -0.130. The molecule has 0 N–H and O–H groups in total. The summed E-state index contributed by atoms with van der Waals surface area (Å²) in [7, 11) is 0. The van der Waals surface area contributed by atoms with Gasteiger partial charge in [0, 0.05) is 19.5 Å². The van der Waals surface area contributed by atoms with E-state index in [1.807, 2.05) is 4.90 Å². The van der Waals surface area contributed by atoms with Crippen molar-refractivity contribution in [2.24, 2.45) is 0 Å². The molecule has 1 aliphatic rings. The van der Waals surface area contributed by atoms with Crippen LogP contribution in [-0.4, -0.2) is 30.5 Å². The van der Waals surface area contributed by atoms with Crippen LogP contribution in [0, 0.1) is 5.82 Å². The average Bonchev–Trinajstić information content (AvgIpc) is 2.90. The summed E-state index contributed by atoms with van der Waals surface area (Å²) >= 11 is 0. The molecule has 2 rings (SSSR count). The van der Waals surface area contributed by atoms with Gasteiger partial charge in [0.05, 0.1) is 6.61 Å². The second-order valence-electron chi connectivity index (χ2n) is 4.47. The van der Waals surface area contributed by atoms with E-state index in [4.69, 9.17) is 4.74 Å². The fourth-order valence-electron chi connectivity index (χ4n) is 2.09. The van der Waals surface area contributed by atoms with E-state index >= 15 is 0 Å². The van der Waals surface area contributed by atoms with Crippen LogP contribution in [0.4, 0.5) is 4.39 Å². The highest BCUT2D eigenvalue weighted by molar-refractivity contribution is 5.76. The third-order valence-electron chi connectivity index (χ3n) is 3.09. The number of para-hydroxylation sites is 1. The van der Waals surface area contributed by atoms with Crippen molar-refractivity contribution in [3.8, 4) is 5.75 Å². The molecule has 4 heteroatoms. The molecule has 98 valence electrons. The number of nitrogens with zero attached hydrogens (tertiary/aromatic N) is 1. The number of likely N-dealkylation sites (tertiary alicyclic amines) is 1. The molecule has 0 unspecified atom stereocenters. The Morgan fingerprint density at radius 3 is 2.72 bits per heavy atom. The van der Waals surface area contributed by atoms with Gasteiger partial charge >= 0.3 is 0 Å². The fraction of sp³-hybridized carbons (Fsp3) is 0.500. The third kappa shape index (κ3) is 3.45. The SMILES string of the molecule is O=C(CCCOc1ccccc1F)N1CCCC1. The summed E-state index contributed by atoms with van der Waals surface area (Å²) in [5, 5.41) is 0. The topological polar surface area (TPSA) is 29.5 Å². The summed E-state index contributed by atoms with van der Waals surface area (Å²) < 4.78 is 18.5. The first-order valence-corrected chi connectivity index (χ1v) is 6.42. The number of carbonyl (C=O) groups is 1. The Bertz CT molecular complexity index is 403. The van der Waals surface area contributed by atoms with E-state index in [-0.39, 0.29) is 17.5 Å². The first kappa shape index (κ1) is 12.9. The number of rotatable bonds is 5. The van der Waals surface area contributed by atoms with Crippen LogP contribution >= 0.6 is 0 Å². The number of ether oxygens (including phenoxy) is 1. The average molecular weight is 251 g/mol. The Morgan fingerprint density at radius 1 is 1.28 bits per heavy atom. The smallest absolute Gasteiger partial charge is 0.222 e. The number of amides is 1. The summed E-state index contributed by atoms with van der Waals surface area (Å²) in [6.45, 7) is 2.14. The van der Waals surface area contributed by atoms with Gasteiger partial charge in [0.1, 0.15) is 0 Å². The van der Waals surface area contributed by atoms with Crippen LogP contribution < -0.4 is 4.74 Å². The molecule has 0 aromatic heterocycles. The summed E-state index contributed by atoms with van der Waals surface area (Å²) in [6, 6.07) is 6.31. The Kier molecular flexibility index (Phi) is 4.56. The van der Waals surface area contributed by atoms with E-state index in [9.17, 15) is 9.18 Å². The molecule has 1 saturated heterocycles. The second kappa shape index (κ2) is 6.38. The summed E-state index contributed by atoms with van der Waals surface area (Å²) in [6.07, 6.45) is 3.33. The van der Waals surface area contributed by atoms with E-state index in [1.54, 1.807) is 18.2 Å². The van der Waals surface area contributed by atoms with Gasteiger partial charge in [0.2, 0.25) is 5.91 Å². The molecule has 1 aliphatic heterocycles. The van der Waals surface area contributed by atoms with Gasteiger partial charge in [-0.1, -0.05) is 12.1 Å². The van der Waals surface area contributed by atoms with Gasteiger partial charge < -0.3 is 9.64 Å². The van der Waals surface area contributed by atoms with E-state index in [0.717, 1.165) is 25.9 Å². The van der Waals surface area contributed by atoms with Gasteiger partial charge in [0.25, 0.3) is 0 Å². The molecule has 0 saturated carbocycles. The van der Waals surface area contributed by atoms with Crippen molar-refractivity contribution < 1.29 is 13.9 Å². The fourth-order valence-corrected chi connectivity index (χ4v) is 2.09. The molecule has 18 heavy (non-hydrogen) atoms. The van der Waals surface area contributed by atoms with Gasteiger partial charge in [-0.05, 0) is 31.4 Å². The zero-order valence-corrected chi connectivity index (χ0v) is 10.4. The van der Waals surface area contributed by atoms with Crippen LogP contribution in [-0.2, 0) is 4.79 Å². The highest BCUT2D eigenvalue weighted by Gasteiger charge is 2.17. The summed E-state index contributed by atoms with van der Waals surface area (Å²) in [5.41, 5.74) is 0. The molecule has 1 aromatic carbocycles. The Morgan fingerprint density at radius 2 is 2.00 bits per heavy atom. The van der Waals surface area contributed by atoms with Gasteiger partial charge in [-0.3, -0.25) is 4.79 Å². The molecule has 0 aliphatic carbocycles. The zero-order valence-electron chi connectivity index (χ0n) is 10.4. The molecule has 3 nitrogen and oxygen atoms in total. The van der Waals surface area contributed by atoms with E-state index < -0.39 is 0 Å². The minimum absolute atomic E-state index is 0.185. The van der Waals surface area contributed by atoms with Crippen LogP contribution in [0.15, 0.2) is 24.3 Å². The molecular weight excluding hydrogens is 233 g/mol. The van der Waals surface area contributed by atoms with E-state index in [1.165, 1.54) is 6.07 Å². The number of hydrogen-bond donors (Lipinski definition) is 0. The van der Waals surface area contributed by atoms with Crippen molar-refractivity contribution >= 4 is 5.91 Å². The normalized spacial score (nSPS) is 14.8. The second-order valence-corrected chi connectivity index (χ2v) is 4.47. The molecule has 0 atom stereocenters. The zero-order chi connectivity index (χ0) is 12.8. The Hall–Kier alpha value is -1.58. The molecule has 0 radical (unpaired) electrons. The lowest BCUT2D eigenvalue weighted by Crippen LogP contribution is -2.27. The Balaban J connectivity index is 1.67. The standard InChI is InChI=1S/C14H18FNO2/c15-12-6-1-2-7-13(12)18-11-5-8-14(17)16-9-3-4-10-16/h1-2,6-7H,3-5,8-11H2. The maximum Gasteiger partial charge on any atom is 0.222 e. The number of halogens is 1. The van der Waals surface area contributed by atoms with Crippen LogP contribution in [0.1, 0.15) is 25.7 Å². The number of carbonyl (C=O) groups excluding carboxylic acids is 1. The predicted molar refractivity (Wildman–Crippen MR) is 66.9 cm³/mol. The highest BCUT2D eigenvalue weighted by atomic mass is 19.1. The highest BCUT2D eigenvalue weighted by Crippen LogP contribution is 2.16. The van der Waals surface area contributed by atoms with Gasteiger partial charge in [-0.2, -0.15) is 0 Å². The lowest BCUT2D eigenvalue weighted by atomic mass is 10.3. The van der Waals surface area contributed by atoms with Crippen LogP contribution in [0.5, 0.6) is 5.75 Å². The first-order valence-electron chi connectivity index (χ1n) is 6.42. The minimum Gasteiger partial charge on any atom is -0.491 e. The molecule has 0 bridgehead atoms. The lowest BCUT2D eigenvalue weighted by Gasteiger charge is -2.15. The van der Waals surface area contributed by atoms with Gasteiger partial charge in [-0.25, -0.2) is 4.39 Å². The monoisotopic (exact) mass is 251 g/mol. The molecule has 1 heterocycles. The summed E-state index contributed by atoms with van der Waals surface area (Å²) in [5.74, 6) is 0.0825. The summed E-state index contributed by atoms with van der Waals surface area (Å²) in [4.78, 5) is 13.6. The minimum atomic E-state index is -0.358.